The monoisotopic (exact) mass is 300 g/mol. The quantitative estimate of drug-likeness (QED) is 0.905. The predicted octanol–water partition coefficient (Wildman–Crippen LogP) is 1.77. The molecule has 1 unspecified atom stereocenters. The highest BCUT2D eigenvalue weighted by molar-refractivity contribution is 9.10. The van der Waals surface area contributed by atoms with E-state index in [2.05, 4.69) is 15.9 Å². The highest BCUT2D eigenvalue weighted by atomic mass is 79.9. The van der Waals surface area contributed by atoms with Crippen LogP contribution in [0.25, 0.3) is 0 Å². The molecule has 1 N–H and O–H groups in total. The SMILES string of the molecule is Cn1cc(Br)cc1C(=O)N1CCCCC1CO. The van der Waals surface area contributed by atoms with Crippen molar-refractivity contribution >= 4 is 21.8 Å². The lowest BCUT2D eigenvalue weighted by Gasteiger charge is -2.34. The van der Waals surface area contributed by atoms with Crippen molar-refractivity contribution < 1.29 is 9.90 Å². The molecule has 0 aromatic carbocycles. The lowest BCUT2D eigenvalue weighted by atomic mass is 10.0. The minimum atomic E-state index is -0.0232. The number of hydrogen-bond donors (Lipinski definition) is 1. The Hall–Kier alpha value is -0.810. The fraction of sp³-hybridized carbons (Fsp3) is 0.583. The van der Waals surface area contributed by atoms with E-state index in [-0.39, 0.29) is 18.6 Å². The van der Waals surface area contributed by atoms with Gasteiger partial charge in [0.25, 0.3) is 5.91 Å². The summed E-state index contributed by atoms with van der Waals surface area (Å²) in [5.74, 6) is 0.0111. The van der Waals surface area contributed by atoms with Crippen molar-refractivity contribution in [3.63, 3.8) is 0 Å². The van der Waals surface area contributed by atoms with Crippen LogP contribution in [0.3, 0.4) is 0 Å². The van der Waals surface area contributed by atoms with Crippen molar-refractivity contribution in [1.29, 1.82) is 0 Å². The molecule has 0 bridgehead atoms. The molecule has 1 saturated heterocycles. The summed E-state index contributed by atoms with van der Waals surface area (Å²) in [6.07, 6.45) is 4.87. The summed E-state index contributed by atoms with van der Waals surface area (Å²) in [6.45, 7) is 0.796. The predicted molar refractivity (Wildman–Crippen MR) is 68.9 cm³/mol. The first kappa shape index (κ1) is 12.6. The molecular weight excluding hydrogens is 284 g/mol. The second-order valence-corrected chi connectivity index (χ2v) is 5.40. The van der Waals surface area contributed by atoms with Gasteiger partial charge in [0.1, 0.15) is 5.69 Å². The standard InChI is InChI=1S/C12H17BrN2O2/c1-14-7-9(13)6-11(14)12(17)15-5-3-2-4-10(15)8-16/h6-7,10,16H,2-5,8H2,1H3. The number of hydrogen-bond acceptors (Lipinski definition) is 2. The fourth-order valence-corrected chi connectivity index (χ4v) is 2.87. The van der Waals surface area contributed by atoms with E-state index in [1.54, 1.807) is 4.90 Å². The minimum Gasteiger partial charge on any atom is -0.394 e. The van der Waals surface area contributed by atoms with Crippen LogP contribution in [0, 0.1) is 0 Å². The molecule has 0 saturated carbocycles. The van der Waals surface area contributed by atoms with Crippen molar-refractivity contribution in [1.82, 2.24) is 9.47 Å². The molecule has 94 valence electrons. The average Bonchev–Trinajstić information content (AvgIpc) is 2.67. The van der Waals surface area contributed by atoms with Gasteiger partial charge in [-0.25, -0.2) is 0 Å². The van der Waals surface area contributed by atoms with Crippen LogP contribution in [0.1, 0.15) is 29.8 Å². The van der Waals surface area contributed by atoms with Crippen molar-refractivity contribution in [2.75, 3.05) is 13.2 Å². The summed E-state index contributed by atoms with van der Waals surface area (Å²) < 4.78 is 2.72. The molecule has 1 amide bonds. The molecule has 1 aromatic heterocycles. The molecule has 1 fully saturated rings. The molecule has 1 aliphatic heterocycles. The normalized spacial score (nSPS) is 20.6. The van der Waals surface area contributed by atoms with Crippen molar-refractivity contribution in [2.24, 2.45) is 7.05 Å². The maximum absolute atomic E-state index is 12.4. The van der Waals surface area contributed by atoms with Gasteiger partial charge in [-0.05, 0) is 41.3 Å². The highest BCUT2D eigenvalue weighted by Gasteiger charge is 2.28. The second kappa shape index (κ2) is 5.23. The number of carbonyl (C=O) groups excluding carboxylic acids is 1. The van der Waals surface area contributed by atoms with Crippen LogP contribution in [0.4, 0.5) is 0 Å². The molecule has 17 heavy (non-hydrogen) atoms. The van der Waals surface area contributed by atoms with Crippen LogP contribution in [-0.4, -0.2) is 39.7 Å². The lowest BCUT2D eigenvalue weighted by molar-refractivity contribution is 0.0494. The number of halogens is 1. The molecule has 5 heteroatoms. The van der Waals surface area contributed by atoms with Gasteiger partial charge in [0, 0.05) is 24.3 Å². The van der Waals surface area contributed by atoms with Gasteiger partial charge in [-0.3, -0.25) is 4.79 Å². The van der Waals surface area contributed by atoms with E-state index in [0.29, 0.717) is 5.69 Å². The van der Waals surface area contributed by atoms with Crippen LogP contribution in [0.5, 0.6) is 0 Å². The summed E-state index contributed by atoms with van der Waals surface area (Å²) in [4.78, 5) is 14.2. The molecule has 1 aliphatic rings. The molecule has 0 aliphatic carbocycles. The smallest absolute Gasteiger partial charge is 0.270 e. The van der Waals surface area contributed by atoms with E-state index in [4.69, 9.17) is 0 Å². The maximum atomic E-state index is 12.4. The van der Waals surface area contributed by atoms with Crippen molar-refractivity contribution in [3.8, 4) is 0 Å². The Balaban J connectivity index is 2.21. The topological polar surface area (TPSA) is 45.5 Å². The zero-order chi connectivity index (χ0) is 12.4. The molecule has 1 aromatic rings. The van der Waals surface area contributed by atoms with Crippen LogP contribution in [-0.2, 0) is 7.05 Å². The summed E-state index contributed by atoms with van der Waals surface area (Å²) in [7, 11) is 1.86. The first-order chi connectivity index (χ1) is 8.13. The van der Waals surface area contributed by atoms with Crippen LogP contribution >= 0.6 is 15.9 Å². The summed E-state index contributed by atoms with van der Waals surface area (Å²) in [5, 5.41) is 9.32. The number of amides is 1. The van der Waals surface area contributed by atoms with Crippen LogP contribution < -0.4 is 0 Å². The van der Waals surface area contributed by atoms with Crippen molar-refractivity contribution in [2.45, 2.75) is 25.3 Å². The molecule has 2 rings (SSSR count). The Bertz CT molecular complexity index is 417. The Kier molecular flexibility index (Phi) is 3.89. The van der Waals surface area contributed by atoms with E-state index in [0.717, 1.165) is 30.3 Å². The zero-order valence-electron chi connectivity index (χ0n) is 9.90. The average molecular weight is 301 g/mol. The van der Waals surface area contributed by atoms with E-state index in [1.165, 1.54) is 0 Å². The van der Waals surface area contributed by atoms with Gasteiger partial charge in [0.2, 0.25) is 0 Å². The Morgan fingerprint density at radius 2 is 2.35 bits per heavy atom. The Morgan fingerprint density at radius 3 is 2.94 bits per heavy atom. The van der Waals surface area contributed by atoms with E-state index < -0.39 is 0 Å². The third kappa shape index (κ3) is 2.55. The maximum Gasteiger partial charge on any atom is 0.270 e. The molecule has 1 atom stereocenters. The lowest BCUT2D eigenvalue weighted by Crippen LogP contribution is -2.46. The fourth-order valence-electron chi connectivity index (χ4n) is 2.34. The van der Waals surface area contributed by atoms with E-state index >= 15 is 0 Å². The van der Waals surface area contributed by atoms with E-state index in [9.17, 15) is 9.90 Å². The molecule has 2 heterocycles. The van der Waals surface area contributed by atoms with Crippen molar-refractivity contribution in [3.05, 3.63) is 22.4 Å². The summed E-state index contributed by atoms with van der Waals surface area (Å²) in [6, 6.07) is 1.80. The number of aryl methyl sites for hydroxylation is 1. The van der Waals surface area contributed by atoms with Crippen LogP contribution in [0.15, 0.2) is 16.7 Å². The molecular formula is C12H17BrN2O2. The van der Waals surface area contributed by atoms with Gasteiger partial charge >= 0.3 is 0 Å². The third-order valence-corrected chi connectivity index (χ3v) is 3.72. The number of likely N-dealkylation sites (tertiary alicyclic amines) is 1. The van der Waals surface area contributed by atoms with Gasteiger partial charge in [-0.2, -0.15) is 0 Å². The second-order valence-electron chi connectivity index (χ2n) is 4.49. The van der Waals surface area contributed by atoms with Gasteiger partial charge in [0.05, 0.1) is 12.6 Å². The van der Waals surface area contributed by atoms with Gasteiger partial charge in [-0.15, -0.1) is 0 Å². The van der Waals surface area contributed by atoms with Crippen LogP contribution in [0.2, 0.25) is 0 Å². The number of nitrogens with zero attached hydrogens (tertiary/aromatic N) is 2. The van der Waals surface area contributed by atoms with Gasteiger partial charge in [0.15, 0.2) is 0 Å². The number of aromatic nitrogens is 1. The van der Waals surface area contributed by atoms with Gasteiger partial charge < -0.3 is 14.6 Å². The van der Waals surface area contributed by atoms with E-state index in [1.807, 2.05) is 23.9 Å². The summed E-state index contributed by atoms with van der Waals surface area (Å²) >= 11 is 3.37. The highest BCUT2D eigenvalue weighted by Crippen LogP contribution is 2.21. The largest absolute Gasteiger partial charge is 0.394 e. The Labute approximate surface area is 109 Å². The minimum absolute atomic E-state index is 0.0111. The number of aliphatic hydroxyl groups is 1. The first-order valence-corrected chi connectivity index (χ1v) is 6.66. The summed E-state index contributed by atoms with van der Waals surface area (Å²) in [5.41, 5.74) is 0.664. The molecule has 0 spiro atoms. The number of rotatable bonds is 2. The number of aliphatic hydroxyl groups excluding tert-OH is 1. The number of piperidine rings is 1. The zero-order valence-corrected chi connectivity index (χ0v) is 11.5. The number of carbonyl (C=O) groups is 1. The molecule has 0 radical (unpaired) electrons. The van der Waals surface area contributed by atoms with Gasteiger partial charge in [-0.1, -0.05) is 0 Å². The Morgan fingerprint density at radius 1 is 1.59 bits per heavy atom. The first-order valence-electron chi connectivity index (χ1n) is 5.87. The third-order valence-electron chi connectivity index (χ3n) is 3.29. The molecule has 4 nitrogen and oxygen atoms in total.